The molecule has 0 aliphatic heterocycles. The molecule has 0 aromatic heterocycles. The van der Waals surface area contributed by atoms with Gasteiger partial charge in [-0.1, -0.05) is 15.9 Å². The van der Waals surface area contributed by atoms with Crippen molar-refractivity contribution in [2.75, 3.05) is 25.1 Å². The third-order valence-electron chi connectivity index (χ3n) is 2.22. The van der Waals surface area contributed by atoms with Crippen LogP contribution in [0.2, 0.25) is 0 Å². The number of anilines is 1. The zero-order valence-corrected chi connectivity index (χ0v) is 11.6. The fourth-order valence-corrected chi connectivity index (χ4v) is 1.90. The highest BCUT2D eigenvalue weighted by Crippen LogP contribution is 2.33. The van der Waals surface area contributed by atoms with E-state index in [1.165, 1.54) is 0 Å². The van der Waals surface area contributed by atoms with Crippen LogP contribution in [0.3, 0.4) is 0 Å². The zero-order chi connectivity index (χ0) is 13.6. The Kier molecular flexibility index (Phi) is 5.95. The molecule has 0 bridgehead atoms. The van der Waals surface area contributed by atoms with Crippen LogP contribution >= 0.6 is 15.9 Å². The van der Waals surface area contributed by atoms with Crippen molar-refractivity contribution in [2.24, 2.45) is 0 Å². The molecule has 0 saturated heterocycles. The van der Waals surface area contributed by atoms with Crippen LogP contribution in [0.5, 0.6) is 0 Å². The monoisotopic (exact) mass is 325 g/mol. The molecule has 1 N–H and O–H groups in total. The fourth-order valence-electron chi connectivity index (χ4n) is 1.41. The van der Waals surface area contributed by atoms with Crippen molar-refractivity contribution in [3.63, 3.8) is 0 Å². The second-order valence-corrected chi connectivity index (χ2v) is 4.62. The molecule has 6 heteroatoms. The van der Waals surface area contributed by atoms with E-state index in [-0.39, 0.29) is 0 Å². The molecular formula is C12H15BrF3NO. The van der Waals surface area contributed by atoms with E-state index in [1.54, 1.807) is 6.07 Å². The van der Waals surface area contributed by atoms with Gasteiger partial charge in [-0.2, -0.15) is 13.2 Å². The quantitative estimate of drug-likeness (QED) is 0.787. The topological polar surface area (TPSA) is 21.3 Å². The Morgan fingerprint density at radius 3 is 2.61 bits per heavy atom. The lowest BCUT2D eigenvalue weighted by Crippen LogP contribution is -2.09. The first-order valence-electron chi connectivity index (χ1n) is 5.63. The fraction of sp³-hybridized carbons (Fsp3) is 0.500. The van der Waals surface area contributed by atoms with Gasteiger partial charge in [0.05, 0.1) is 5.56 Å². The van der Waals surface area contributed by atoms with Crippen LogP contribution in [-0.4, -0.2) is 19.8 Å². The molecule has 2 nitrogen and oxygen atoms in total. The van der Waals surface area contributed by atoms with E-state index in [0.717, 1.165) is 18.6 Å². The number of halogens is 4. The Hall–Kier alpha value is -0.750. The summed E-state index contributed by atoms with van der Waals surface area (Å²) in [6.07, 6.45) is -3.58. The normalized spacial score (nSPS) is 11.6. The number of hydrogen-bond donors (Lipinski definition) is 1. The Morgan fingerprint density at radius 2 is 2.00 bits per heavy atom. The highest BCUT2D eigenvalue weighted by atomic mass is 79.9. The SMILES string of the molecule is CCOCCCNc1cc(Br)cc(C(F)(F)F)c1. The van der Waals surface area contributed by atoms with Gasteiger partial charge in [-0.25, -0.2) is 0 Å². The van der Waals surface area contributed by atoms with E-state index in [9.17, 15) is 13.2 Å². The molecule has 102 valence electrons. The standard InChI is InChI=1S/C12H15BrF3NO/c1-2-18-5-3-4-17-11-7-9(12(14,15)16)6-10(13)8-11/h6-8,17H,2-5H2,1H3. The Labute approximate surface area is 113 Å². The molecule has 1 aromatic carbocycles. The summed E-state index contributed by atoms with van der Waals surface area (Å²) >= 11 is 3.07. The maximum atomic E-state index is 12.6. The van der Waals surface area contributed by atoms with Gasteiger partial charge in [0.2, 0.25) is 0 Å². The highest BCUT2D eigenvalue weighted by molar-refractivity contribution is 9.10. The minimum Gasteiger partial charge on any atom is -0.385 e. The van der Waals surface area contributed by atoms with E-state index >= 15 is 0 Å². The lowest BCUT2D eigenvalue weighted by molar-refractivity contribution is -0.137. The summed E-state index contributed by atoms with van der Waals surface area (Å²) in [4.78, 5) is 0. The maximum Gasteiger partial charge on any atom is 0.416 e. The number of alkyl halides is 3. The van der Waals surface area contributed by atoms with Crippen LogP contribution in [0.1, 0.15) is 18.9 Å². The molecule has 0 heterocycles. The third kappa shape index (κ3) is 5.27. The van der Waals surface area contributed by atoms with Crippen molar-refractivity contribution in [3.8, 4) is 0 Å². The summed E-state index contributed by atoms with van der Waals surface area (Å²) in [5.41, 5.74) is -0.211. The average Bonchev–Trinajstić information content (AvgIpc) is 2.27. The molecule has 1 aromatic rings. The van der Waals surface area contributed by atoms with Gasteiger partial charge >= 0.3 is 6.18 Å². The smallest absolute Gasteiger partial charge is 0.385 e. The maximum absolute atomic E-state index is 12.6. The molecule has 18 heavy (non-hydrogen) atoms. The van der Waals surface area contributed by atoms with Crippen molar-refractivity contribution in [1.29, 1.82) is 0 Å². The van der Waals surface area contributed by atoms with Gasteiger partial charge in [-0.05, 0) is 31.5 Å². The molecule has 0 fully saturated rings. The van der Waals surface area contributed by atoms with Gasteiger partial charge in [0, 0.05) is 29.9 Å². The lowest BCUT2D eigenvalue weighted by atomic mass is 10.2. The second-order valence-electron chi connectivity index (χ2n) is 3.70. The summed E-state index contributed by atoms with van der Waals surface area (Å²) < 4.78 is 43.3. The van der Waals surface area contributed by atoms with Crippen LogP contribution < -0.4 is 5.32 Å². The summed E-state index contributed by atoms with van der Waals surface area (Å²) in [6.45, 7) is 3.73. The van der Waals surface area contributed by atoms with E-state index in [1.807, 2.05) is 6.92 Å². The minimum atomic E-state index is -4.33. The molecule has 0 saturated carbocycles. The number of hydrogen-bond acceptors (Lipinski definition) is 2. The van der Waals surface area contributed by atoms with Crippen molar-refractivity contribution in [2.45, 2.75) is 19.5 Å². The Morgan fingerprint density at radius 1 is 1.28 bits per heavy atom. The summed E-state index contributed by atoms with van der Waals surface area (Å²) in [5.74, 6) is 0. The summed E-state index contributed by atoms with van der Waals surface area (Å²) in [5, 5.41) is 2.95. The number of ether oxygens (including phenoxy) is 1. The number of rotatable bonds is 6. The average molecular weight is 326 g/mol. The van der Waals surface area contributed by atoms with Gasteiger partial charge in [0.15, 0.2) is 0 Å². The van der Waals surface area contributed by atoms with E-state index in [2.05, 4.69) is 21.2 Å². The van der Waals surface area contributed by atoms with Crippen LogP contribution in [0, 0.1) is 0 Å². The lowest BCUT2D eigenvalue weighted by Gasteiger charge is -2.11. The molecule has 0 unspecified atom stereocenters. The number of benzene rings is 1. The summed E-state index contributed by atoms with van der Waals surface area (Å²) in [7, 11) is 0. The highest BCUT2D eigenvalue weighted by Gasteiger charge is 2.31. The van der Waals surface area contributed by atoms with E-state index in [0.29, 0.717) is 29.9 Å². The van der Waals surface area contributed by atoms with E-state index in [4.69, 9.17) is 4.74 Å². The van der Waals surface area contributed by atoms with Crippen molar-refractivity contribution in [1.82, 2.24) is 0 Å². The molecule has 0 spiro atoms. The van der Waals surface area contributed by atoms with Crippen molar-refractivity contribution >= 4 is 21.6 Å². The summed E-state index contributed by atoms with van der Waals surface area (Å²) in [6, 6.07) is 3.78. The first-order chi connectivity index (χ1) is 8.43. The van der Waals surface area contributed by atoms with Crippen LogP contribution in [-0.2, 0) is 10.9 Å². The van der Waals surface area contributed by atoms with Gasteiger partial charge in [-0.3, -0.25) is 0 Å². The first-order valence-corrected chi connectivity index (χ1v) is 6.42. The second kappa shape index (κ2) is 6.99. The zero-order valence-electron chi connectivity index (χ0n) is 9.98. The van der Waals surface area contributed by atoms with Gasteiger partial charge in [-0.15, -0.1) is 0 Å². The van der Waals surface area contributed by atoms with Crippen LogP contribution in [0.15, 0.2) is 22.7 Å². The predicted molar refractivity (Wildman–Crippen MR) is 68.7 cm³/mol. The molecule has 0 atom stereocenters. The van der Waals surface area contributed by atoms with Gasteiger partial charge in [0.25, 0.3) is 0 Å². The first kappa shape index (κ1) is 15.3. The minimum absolute atomic E-state index is 0.407. The molecular weight excluding hydrogens is 311 g/mol. The Balaban J connectivity index is 2.58. The molecule has 0 radical (unpaired) electrons. The molecule has 0 aliphatic rings. The molecule has 0 amide bonds. The van der Waals surface area contributed by atoms with Crippen LogP contribution in [0.4, 0.5) is 18.9 Å². The molecule has 1 rings (SSSR count). The van der Waals surface area contributed by atoms with Gasteiger partial charge < -0.3 is 10.1 Å². The number of nitrogens with one attached hydrogen (secondary N) is 1. The van der Waals surface area contributed by atoms with Crippen molar-refractivity contribution in [3.05, 3.63) is 28.2 Å². The largest absolute Gasteiger partial charge is 0.416 e. The molecule has 0 aliphatic carbocycles. The van der Waals surface area contributed by atoms with Crippen LogP contribution in [0.25, 0.3) is 0 Å². The van der Waals surface area contributed by atoms with E-state index < -0.39 is 11.7 Å². The predicted octanol–water partition coefficient (Wildman–Crippen LogP) is 4.31. The third-order valence-corrected chi connectivity index (χ3v) is 2.68. The van der Waals surface area contributed by atoms with Gasteiger partial charge in [0.1, 0.15) is 0 Å². The van der Waals surface area contributed by atoms with Crippen molar-refractivity contribution < 1.29 is 17.9 Å². The Bertz CT molecular complexity index is 382.